The molecule has 1 rings (SSSR count). The summed E-state index contributed by atoms with van der Waals surface area (Å²) in [4.78, 5) is 11.8. The van der Waals surface area contributed by atoms with Gasteiger partial charge in [-0.1, -0.05) is 0 Å². The van der Waals surface area contributed by atoms with Crippen molar-refractivity contribution in [2.24, 2.45) is 0 Å². The van der Waals surface area contributed by atoms with Crippen LogP contribution in [0.15, 0.2) is 6.20 Å². The van der Waals surface area contributed by atoms with Crippen molar-refractivity contribution in [1.29, 1.82) is 0 Å². The van der Waals surface area contributed by atoms with E-state index in [1.54, 1.807) is 0 Å². The largest absolute Gasteiger partial charge is 0.573 e. The maximum absolute atomic E-state index is 12.8. The van der Waals surface area contributed by atoms with Crippen molar-refractivity contribution in [3.8, 4) is 5.75 Å². The second-order valence-electron chi connectivity index (χ2n) is 2.68. The number of hydrogen-bond donors (Lipinski definition) is 0. The van der Waals surface area contributed by atoms with Gasteiger partial charge in [-0.3, -0.25) is 10.1 Å². The van der Waals surface area contributed by atoms with E-state index in [-0.39, 0.29) is 6.20 Å². The van der Waals surface area contributed by atoms with Crippen LogP contribution in [-0.4, -0.2) is 16.3 Å². The van der Waals surface area contributed by atoms with Crippen LogP contribution in [-0.2, 0) is 6.67 Å². The standard InChI is InChI=1S/C7H3F5N2O3/c8-1-3-5(17-7(10,11)12)4(14(15)16)2-13-6(3)9/h2H,1H2. The summed E-state index contributed by atoms with van der Waals surface area (Å²) < 4.78 is 64.2. The molecule has 1 heterocycles. The minimum Gasteiger partial charge on any atom is -0.398 e. The Hall–Kier alpha value is -2.00. The van der Waals surface area contributed by atoms with Gasteiger partial charge in [-0.2, -0.15) is 4.39 Å². The van der Waals surface area contributed by atoms with Crippen molar-refractivity contribution in [1.82, 2.24) is 4.98 Å². The number of pyridine rings is 1. The zero-order valence-corrected chi connectivity index (χ0v) is 7.79. The van der Waals surface area contributed by atoms with E-state index in [4.69, 9.17) is 0 Å². The highest BCUT2D eigenvalue weighted by Crippen LogP contribution is 2.36. The van der Waals surface area contributed by atoms with E-state index in [1.165, 1.54) is 0 Å². The molecule has 1 aromatic heterocycles. The van der Waals surface area contributed by atoms with Gasteiger partial charge in [-0.15, -0.1) is 13.2 Å². The highest BCUT2D eigenvalue weighted by atomic mass is 19.4. The van der Waals surface area contributed by atoms with E-state index in [1.807, 2.05) is 0 Å². The van der Waals surface area contributed by atoms with Gasteiger partial charge < -0.3 is 4.74 Å². The van der Waals surface area contributed by atoms with Crippen molar-refractivity contribution < 1.29 is 31.6 Å². The predicted molar refractivity (Wildman–Crippen MR) is 42.3 cm³/mol. The molecule has 94 valence electrons. The molecule has 5 nitrogen and oxygen atoms in total. The molecule has 0 amide bonds. The number of aromatic nitrogens is 1. The lowest BCUT2D eigenvalue weighted by molar-refractivity contribution is -0.389. The molecule has 0 atom stereocenters. The van der Waals surface area contributed by atoms with Crippen LogP contribution in [0.25, 0.3) is 0 Å². The second-order valence-corrected chi connectivity index (χ2v) is 2.68. The Kier molecular flexibility index (Phi) is 3.44. The third kappa shape index (κ3) is 2.98. The van der Waals surface area contributed by atoms with Crippen molar-refractivity contribution in [2.45, 2.75) is 13.0 Å². The zero-order chi connectivity index (χ0) is 13.2. The van der Waals surface area contributed by atoms with Crippen molar-refractivity contribution in [3.63, 3.8) is 0 Å². The van der Waals surface area contributed by atoms with Gasteiger partial charge in [0.05, 0.1) is 10.5 Å². The van der Waals surface area contributed by atoms with Crippen LogP contribution in [0.5, 0.6) is 5.75 Å². The summed E-state index contributed by atoms with van der Waals surface area (Å²) in [6, 6.07) is 0. The minimum atomic E-state index is -5.30. The van der Waals surface area contributed by atoms with E-state index in [0.29, 0.717) is 0 Å². The monoisotopic (exact) mass is 258 g/mol. The molecule has 0 saturated carbocycles. The maximum atomic E-state index is 12.8. The van der Waals surface area contributed by atoms with Crippen LogP contribution in [0.4, 0.5) is 27.6 Å². The SMILES string of the molecule is O=[N+]([O-])c1cnc(F)c(CF)c1OC(F)(F)F. The molecule has 0 aromatic carbocycles. The molecule has 17 heavy (non-hydrogen) atoms. The van der Waals surface area contributed by atoms with Crippen LogP contribution in [0.2, 0.25) is 0 Å². The third-order valence-corrected chi connectivity index (χ3v) is 1.60. The third-order valence-electron chi connectivity index (χ3n) is 1.60. The molecule has 0 bridgehead atoms. The van der Waals surface area contributed by atoms with Gasteiger partial charge in [0.25, 0.3) is 0 Å². The van der Waals surface area contributed by atoms with E-state index >= 15 is 0 Å². The molecule has 0 saturated heterocycles. The first-order valence-corrected chi connectivity index (χ1v) is 3.89. The molecule has 0 unspecified atom stereocenters. The van der Waals surface area contributed by atoms with Gasteiger partial charge in [0.2, 0.25) is 11.7 Å². The number of nitro groups is 1. The highest BCUT2D eigenvalue weighted by molar-refractivity contribution is 5.49. The number of halogens is 5. The Balaban J connectivity index is 3.39. The van der Waals surface area contributed by atoms with Crippen LogP contribution >= 0.6 is 0 Å². The van der Waals surface area contributed by atoms with Crippen LogP contribution in [0.1, 0.15) is 5.56 Å². The fourth-order valence-corrected chi connectivity index (χ4v) is 0.978. The van der Waals surface area contributed by atoms with E-state index < -0.39 is 40.9 Å². The Morgan fingerprint density at radius 2 is 2.06 bits per heavy atom. The number of hydrogen-bond acceptors (Lipinski definition) is 4. The molecule has 0 N–H and O–H groups in total. The van der Waals surface area contributed by atoms with Gasteiger partial charge in [-0.05, 0) is 0 Å². The first kappa shape index (κ1) is 13.1. The van der Waals surface area contributed by atoms with Gasteiger partial charge in [0, 0.05) is 0 Å². The van der Waals surface area contributed by atoms with Crippen molar-refractivity contribution >= 4 is 5.69 Å². The first-order chi connectivity index (χ1) is 7.76. The molecular formula is C7H3F5N2O3. The molecule has 10 heteroatoms. The highest BCUT2D eigenvalue weighted by Gasteiger charge is 2.37. The number of ether oxygens (including phenoxy) is 1. The molecular weight excluding hydrogens is 255 g/mol. The average Bonchev–Trinajstić information content (AvgIpc) is 2.15. The summed E-state index contributed by atoms with van der Waals surface area (Å²) in [6.45, 7) is -1.72. The summed E-state index contributed by atoms with van der Waals surface area (Å²) in [5.74, 6) is -3.13. The topological polar surface area (TPSA) is 65.3 Å². The second kappa shape index (κ2) is 4.47. The van der Waals surface area contributed by atoms with Crippen LogP contribution in [0, 0.1) is 16.1 Å². The average molecular weight is 258 g/mol. The molecule has 0 aliphatic rings. The number of nitrogens with zero attached hydrogens (tertiary/aromatic N) is 2. The van der Waals surface area contributed by atoms with Crippen molar-refractivity contribution in [2.75, 3.05) is 0 Å². The normalized spacial score (nSPS) is 11.4. The summed E-state index contributed by atoms with van der Waals surface area (Å²) in [5.41, 5.74) is -2.52. The first-order valence-electron chi connectivity index (χ1n) is 3.89. The van der Waals surface area contributed by atoms with Gasteiger partial charge in [0.15, 0.2) is 0 Å². The van der Waals surface area contributed by atoms with E-state index in [2.05, 4.69) is 9.72 Å². The zero-order valence-electron chi connectivity index (χ0n) is 7.79. The molecule has 0 fully saturated rings. The predicted octanol–water partition coefficient (Wildman–Crippen LogP) is 2.50. The van der Waals surface area contributed by atoms with E-state index in [9.17, 15) is 32.1 Å². The maximum Gasteiger partial charge on any atom is 0.573 e. The van der Waals surface area contributed by atoms with Crippen molar-refractivity contribution in [3.05, 3.63) is 27.8 Å². The van der Waals surface area contributed by atoms with Crippen LogP contribution in [0.3, 0.4) is 0 Å². The molecule has 1 aromatic rings. The smallest absolute Gasteiger partial charge is 0.398 e. The molecule has 0 spiro atoms. The summed E-state index contributed by atoms with van der Waals surface area (Å²) in [6.07, 6.45) is -5.09. The summed E-state index contributed by atoms with van der Waals surface area (Å²) >= 11 is 0. The fourth-order valence-electron chi connectivity index (χ4n) is 0.978. The fraction of sp³-hybridized carbons (Fsp3) is 0.286. The Labute approximate surface area is 90.0 Å². The lowest BCUT2D eigenvalue weighted by atomic mass is 10.2. The summed E-state index contributed by atoms with van der Waals surface area (Å²) in [7, 11) is 0. The molecule has 0 aliphatic heterocycles. The Morgan fingerprint density at radius 3 is 2.47 bits per heavy atom. The lowest BCUT2D eigenvalue weighted by Crippen LogP contribution is -2.19. The minimum absolute atomic E-state index is 0.218. The number of rotatable bonds is 3. The number of alkyl halides is 4. The molecule has 0 aliphatic carbocycles. The van der Waals surface area contributed by atoms with E-state index in [0.717, 1.165) is 0 Å². The van der Waals surface area contributed by atoms with Crippen LogP contribution < -0.4 is 4.74 Å². The Morgan fingerprint density at radius 1 is 1.47 bits per heavy atom. The van der Waals surface area contributed by atoms with Gasteiger partial charge >= 0.3 is 12.0 Å². The Bertz CT molecular complexity index is 448. The van der Waals surface area contributed by atoms with Gasteiger partial charge in [-0.25, -0.2) is 9.37 Å². The quantitative estimate of drug-likeness (QED) is 0.361. The lowest BCUT2D eigenvalue weighted by Gasteiger charge is -2.11. The summed E-state index contributed by atoms with van der Waals surface area (Å²) in [5, 5.41) is 10.4. The molecule has 0 radical (unpaired) electrons. The van der Waals surface area contributed by atoms with Gasteiger partial charge in [0.1, 0.15) is 12.9 Å².